The van der Waals surface area contributed by atoms with Crippen molar-refractivity contribution in [1.82, 2.24) is 0 Å². The third-order valence-corrected chi connectivity index (χ3v) is 5.29. The molecule has 1 unspecified atom stereocenters. The summed E-state index contributed by atoms with van der Waals surface area (Å²) in [7, 11) is -3.33. The number of sulfone groups is 1. The predicted molar refractivity (Wildman–Crippen MR) is 79.3 cm³/mol. The first kappa shape index (κ1) is 14.8. The first-order valence-corrected chi connectivity index (χ1v) is 8.47. The number of para-hydroxylation sites is 1. The third-order valence-electron chi connectivity index (χ3n) is 3.50. The van der Waals surface area contributed by atoms with Gasteiger partial charge in [-0.2, -0.15) is 0 Å². The predicted octanol–water partition coefficient (Wildman–Crippen LogP) is 2.78. The summed E-state index contributed by atoms with van der Waals surface area (Å²) in [6.07, 6.45) is 6.49. The van der Waals surface area contributed by atoms with E-state index in [1.807, 2.05) is 6.08 Å². The van der Waals surface area contributed by atoms with E-state index in [4.69, 9.17) is 0 Å². The Kier molecular flexibility index (Phi) is 4.60. The number of carbonyl (C=O) groups excluding carboxylic acids is 1. The molecule has 0 fully saturated rings. The summed E-state index contributed by atoms with van der Waals surface area (Å²) in [5.74, 6) is -0.156. The number of benzene rings is 1. The van der Waals surface area contributed by atoms with Gasteiger partial charge in [0.25, 0.3) is 0 Å². The maximum atomic E-state index is 12.2. The zero-order chi connectivity index (χ0) is 14.6. The third kappa shape index (κ3) is 3.28. The molecule has 1 aromatic carbocycles. The van der Waals surface area contributed by atoms with E-state index in [0.717, 1.165) is 12.8 Å². The minimum atomic E-state index is -3.33. The maximum Gasteiger partial charge on any atom is 0.227 e. The molecule has 20 heavy (non-hydrogen) atoms. The van der Waals surface area contributed by atoms with Gasteiger partial charge in [0.2, 0.25) is 5.91 Å². The molecule has 1 atom stereocenters. The van der Waals surface area contributed by atoms with Crippen molar-refractivity contribution in [2.45, 2.75) is 31.1 Å². The van der Waals surface area contributed by atoms with E-state index in [-0.39, 0.29) is 22.5 Å². The van der Waals surface area contributed by atoms with Gasteiger partial charge in [0, 0.05) is 5.92 Å². The summed E-state index contributed by atoms with van der Waals surface area (Å²) >= 11 is 0. The van der Waals surface area contributed by atoms with Gasteiger partial charge in [-0.25, -0.2) is 8.42 Å². The molecule has 0 spiro atoms. The molecule has 1 N–H and O–H groups in total. The number of hydrogen-bond acceptors (Lipinski definition) is 3. The van der Waals surface area contributed by atoms with Crippen LogP contribution in [-0.4, -0.2) is 20.1 Å². The Morgan fingerprint density at radius 3 is 2.70 bits per heavy atom. The molecule has 5 heteroatoms. The molecule has 1 aliphatic rings. The van der Waals surface area contributed by atoms with Crippen LogP contribution < -0.4 is 5.32 Å². The second kappa shape index (κ2) is 6.22. The monoisotopic (exact) mass is 293 g/mol. The molecule has 1 aliphatic carbocycles. The first-order chi connectivity index (χ1) is 9.54. The van der Waals surface area contributed by atoms with E-state index in [9.17, 15) is 13.2 Å². The highest BCUT2D eigenvalue weighted by atomic mass is 32.2. The van der Waals surface area contributed by atoms with Crippen molar-refractivity contribution in [1.29, 1.82) is 0 Å². The van der Waals surface area contributed by atoms with Gasteiger partial charge >= 0.3 is 0 Å². The average Bonchev–Trinajstić information content (AvgIpc) is 2.48. The molecule has 108 valence electrons. The highest BCUT2D eigenvalue weighted by molar-refractivity contribution is 7.91. The molecular weight excluding hydrogens is 274 g/mol. The Labute approximate surface area is 119 Å². The summed E-state index contributed by atoms with van der Waals surface area (Å²) in [6, 6.07) is 6.57. The normalized spacial score (nSPS) is 18.8. The Hall–Kier alpha value is -1.62. The number of amides is 1. The van der Waals surface area contributed by atoms with Crippen molar-refractivity contribution in [2.24, 2.45) is 5.92 Å². The van der Waals surface area contributed by atoms with Crippen LogP contribution in [0.15, 0.2) is 41.3 Å². The highest BCUT2D eigenvalue weighted by Crippen LogP contribution is 2.25. The molecule has 1 amide bonds. The van der Waals surface area contributed by atoms with Gasteiger partial charge in [-0.1, -0.05) is 31.2 Å². The minimum absolute atomic E-state index is 0.0199. The van der Waals surface area contributed by atoms with Crippen LogP contribution in [0.5, 0.6) is 0 Å². The molecule has 0 aliphatic heterocycles. The van der Waals surface area contributed by atoms with E-state index in [2.05, 4.69) is 11.4 Å². The van der Waals surface area contributed by atoms with Gasteiger partial charge in [0.1, 0.15) is 0 Å². The summed E-state index contributed by atoms with van der Waals surface area (Å²) in [5.41, 5.74) is 0.383. The fourth-order valence-corrected chi connectivity index (χ4v) is 3.31. The van der Waals surface area contributed by atoms with Gasteiger partial charge < -0.3 is 5.32 Å². The lowest BCUT2D eigenvalue weighted by Gasteiger charge is -2.18. The Balaban J connectivity index is 2.21. The van der Waals surface area contributed by atoms with Crippen molar-refractivity contribution >= 4 is 21.4 Å². The molecular formula is C15H19NO3S. The number of nitrogens with one attached hydrogen (secondary N) is 1. The van der Waals surface area contributed by atoms with Crippen LogP contribution in [0.2, 0.25) is 0 Å². The SMILES string of the molecule is CCS(=O)(=O)c1ccccc1NC(=O)C1CC=CCC1. The largest absolute Gasteiger partial charge is 0.325 e. The van der Waals surface area contributed by atoms with Crippen LogP contribution in [0.1, 0.15) is 26.2 Å². The van der Waals surface area contributed by atoms with E-state index in [1.165, 1.54) is 6.07 Å². The molecule has 4 nitrogen and oxygen atoms in total. The fraction of sp³-hybridized carbons (Fsp3) is 0.400. The first-order valence-electron chi connectivity index (χ1n) is 6.82. The van der Waals surface area contributed by atoms with Crippen LogP contribution >= 0.6 is 0 Å². The fourth-order valence-electron chi connectivity index (χ4n) is 2.26. The van der Waals surface area contributed by atoms with Gasteiger partial charge in [0.15, 0.2) is 9.84 Å². The molecule has 0 saturated carbocycles. The summed E-state index contributed by atoms with van der Waals surface area (Å²) in [6.45, 7) is 1.60. The Morgan fingerprint density at radius 2 is 2.05 bits per heavy atom. The summed E-state index contributed by atoms with van der Waals surface area (Å²) in [5, 5.41) is 2.77. The van der Waals surface area contributed by atoms with Crippen LogP contribution in [0.25, 0.3) is 0 Å². The molecule has 0 saturated heterocycles. The number of hydrogen-bond donors (Lipinski definition) is 1. The lowest BCUT2D eigenvalue weighted by atomic mass is 9.93. The highest BCUT2D eigenvalue weighted by Gasteiger charge is 2.22. The summed E-state index contributed by atoms with van der Waals surface area (Å²) in [4.78, 5) is 12.4. The topological polar surface area (TPSA) is 63.2 Å². The standard InChI is InChI=1S/C15H19NO3S/c1-2-20(18,19)14-11-7-6-10-13(14)16-15(17)12-8-4-3-5-9-12/h3-4,6-7,10-12H,2,5,8-9H2,1H3,(H,16,17). The summed E-state index contributed by atoms with van der Waals surface area (Å²) < 4.78 is 24.0. The van der Waals surface area contributed by atoms with Gasteiger partial charge in [-0.3, -0.25) is 4.79 Å². The van der Waals surface area contributed by atoms with Crippen LogP contribution in [0.4, 0.5) is 5.69 Å². The van der Waals surface area contributed by atoms with Crippen molar-refractivity contribution in [3.8, 4) is 0 Å². The van der Waals surface area contributed by atoms with E-state index < -0.39 is 9.84 Å². The molecule has 1 aromatic rings. The molecule has 0 heterocycles. The second-order valence-corrected chi connectivity index (χ2v) is 7.12. The van der Waals surface area contributed by atoms with E-state index >= 15 is 0 Å². The molecule has 2 rings (SSSR count). The minimum Gasteiger partial charge on any atom is -0.325 e. The number of allylic oxidation sites excluding steroid dienone is 2. The van der Waals surface area contributed by atoms with Crippen LogP contribution in [-0.2, 0) is 14.6 Å². The Morgan fingerprint density at radius 1 is 1.30 bits per heavy atom. The van der Waals surface area contributed by atoms with Crippen LogP contribution in [0, 0.1) is 5.92 Å². The number of carbonyl (C=O) groups is 1. The van der Waals surface area contributed by atoms with Crippen LogP contribution in [0.3, 0.4) is 0 Å². The zero-order valence-corrected chi connectivity index (χ0v) is 12.3. The van der Waals surface area contributed by atoms with Gasteiger partial charge in [-0.05, 0) is 31.4 Å². The lowest BCUT2D eigenvalue weighted by molar-refractivity contribution is -0.120. The smallest absolute Gasteiger partial charge is 0.227 e. The molecule has 0 radical (unpaired) electrons. The number of rotatable bonds is 4. The molecule has 0 bridgehead atoms. The maximum absolute atomic E-state index is 12.2. The second-order valence-electron chi connectivity index (χ2n) is 4.87. The quantitative estimate of drug-likeness (QED) is 0.868. The Bertz CT molecular complexity index is 620. The average molecular weight is 293 g/mol. The van der Waals surface area contributed by atoms with Gasteiger partial charge in [-0.15, -0.1) is 0 Å². The number of anilines is 1. The van der Waals surface area contributed by atoms with Crippen molar-refractivity contribution in [3.05, 3.63) is 36.4 Å². The van der Waals surface area contributed by atoms with Crippen molar-refractivity contribution in [3.63, 3.8) is 0 Å². The van der Waals surface area contributed by atoms with E-state index in [1.54, 1.807) is 25.1 Å². The lowest BCUT2D eigenvalue weighted by Crippen LogP contribution is -2.24. The van der Waals surface area contributed by atoms with Crippen molar-refractivity contribution in [2.75, 3.05) is 11.1 Å². The zero-order valence-electron chi connectivity index (χ0n) is 11.5. The van der Waals surface area contributed by atoms with Gasteiger partial charge in [0.05, 0.1) is 16.3 Å². The van der Waals surface area contributed by atoms with E-state index in [0.29, 0.717) is 12.1 Å². The van der Waals surface area contributed by atoms with Crippen molar-refractivity contribution < 1.29 is 13.2 Å². The molecule has 0 aromatic heterocycles.